The van der Waals surface area contributed by atoms with E-state index in [0.29, 0.717) is 22.9 Å². The number of nitrogens with two attached hydrogens (primary N) is 1. The number of methoxy groups -OCH3 is 1. The largest absolute Gasteiger partial charge is 0.496 e. The lowest BCUT2D eigenvalue weighted by Crippen LogP contribution is -2.31. The van der Waals surface area contributed by atoms with Crippen LogP contribution in [-0.4, -0.2) is 57.4 Å². The molecule has 1 atom stereocenters. The van der Waals surface area contributed by atoms with Crippen LogP contribution in [0.4, 0.5) is 11.8 Å². The maximum atomic E-state index is 9.63. The predicted octanol–water partition coefficient (Wildman–Crippen LogP) is 4.28. The summed E-state index contributed by atoms with van der Waals surface area (Å²) in [6.07, 6.45) is 7.41. The fraction of sp³-hybridized carbons (Fsp3) is 0.520. The Morgan fingerprint density at radius 2 is 2.12 bits per heavy atom. The summed E-state index contributed by atoms with van der Waals surface area (Å²) in [4.78, 5) is 11.2. The molecule has 4 rings (SSSR count). The van der Waals surface area contributed by atoms with Crippen LogP contribution in [0.15, 0.2) is 24.4 Å². The number of halogens is 1. The first-order chi connectivity index (χ1) is 16.5. The van der Waals surface area contributed by atoms with E-state index in [9.17, 15) is 5.11 Å². The van der Waals surface area contributed by atoms with Crippen LogP contribution in [-0.2, 0) is 13.1 Å². The molecule has 9 heteroatoms. The number of ether oxygens (including phenoxy) is 1. The maximum Gasteiger partial charge on any atom is 0.222 e. The Kier molecular flexibility index (Phi) is 8.13. The minimum Gasteiger partial charge on any atom is -0.496 e. The van der Waals surface area contributed by atoms with Crippen molar-refractivity contribution in [1.82, 2.24) is 19.4 Å². The Labute approximate surface area is 206 Å². The molecule has 3 aromatic rings. The van der Waals surface area contributed by atoms with Crippen molar-refractivity contribution < 1.29 is 9.84 Å². The van der Waals surface area contributed by atoms with Gasteiger partial charge in [0.05, 0.1) is 25.3 Å². The van der Waals surface area contributed by atoms with E-state index in [4.69, 9.17) is 22.1 Å². The maximum absolute atomic E-state index is 9.63. The fourth-order valence-electron chi connectivity index (χ4n) is 4.75. The first kappa shape index (κ1) is 24.6. The third-order valence-corrected chi connectivity index (χ3v) is 6.82. The van der Waals surface area contributed by atoms with Gasteiger partial charge in [0, 0.05) is 30.9 Å². The van der Waals surface area contributed by atoms with Gasteiger partial charge >= 0.3 is 0 Å². The van der Waals surface area contributed by atoms with Crippen LogP contribution < -0.4 is 15.8 Å². The average Bonchev–Trinajstić information content (AvgIpc) is 3.41. The van der Waals surface area contributed by atoms with Crippen LogP contribution in [0.1, 0.15) is 50.2 Å². The van der Waals surface area contributed by atoms with E-state index < -0.39 is 0 Å². The number of aliphatic hydroxyl groups excluding tert-OH is 1. The molecule has 3 heterocycles. The Morgan fingerprint density at radius 1 is 1.26 bits per heavy atom. The molecular formula is C25H35ClN6O2. The quantitative estimate of drug-likeness (QED) is 0.347. The van der Waals surface area contributed by atoms with Gasteiger partial charge < -0.3 is 25.5 Å². The third-order valence-electron chi connectivity index (χ3n) is 6.54. The summed E-state index contributed by atoms with van der Waals surface area (Å²) >= 11 is 6.54. The van der Waals surface area contributed by atoms with Crippen molar-refractivity contribution in [2.24, 2.45) is 0 Å². The van der Waals surface area contributed by atoms with E-state index in [1.54, 1.807) is 7.11 Å². The normalized spacial score (nSPS) is 16.4. The molecule has 1 aliphatic rings. The molecule has 2 aromatic heterocycles. The predicted molar refractivity (Wildman–Crippen MR) is 138 cm³/mol. The summed E-state index contributed by atoms with van der Waals surface area (Å²) in [6, 6.07) is 6.57. The van der Waals surface area contributed by atoms with Crippen LogP contribution in [0.25, 0.3) is 11.0 Å². The number of hydrogen-bond donors (Lipinski definition) is 3. The number of nitrogen functional groups attached to an aromatic ring is 1. The summed E-state index contributed by atoms with van der Waals surface area (Å²) in [5, 5.41) is 13.6. The first-order valence-corrected chi connectivity index (χ1v) is 12.5. The second-order valence-electron chi connectivity index (χ2n) is 8.96. The van der Waals surface area contributed by atoms with Gasteiger partial charge in [0.2, 0.25) is 5.95 Å². The van der Waals surface area contributed by atoms with Gasteiger partial charge in [-0.3, -0.25) is 4.90 Å². The zero-order chi connectivity index (χ0) is 24.1. The SMILES string of the molecule is CCCCCNc1nc(N)nc2c(Cl)cn(Cc3ccc(CN4CCC[C@H]4CO)cc3OC)c12. The zero-order valence-electron chi connectivity index (χ0n) is 20.1. The van der Waals surface area contributed by atoms with Crippen LogP contribution in [0, 0.1) is 0 Å². The van der Waals surface area contributed by atoms with Gasteiger partial charge in [-0.2, -0.15) is 4.98 Å². The summed E-state index contributed by atoms with van der Waals surface area (Å²) in [7, 11) is 1.69. The van der Waals surface area contributed by atoms with E-state index in [0.717, 1.165) is 68.6 Å². The van der Waals surface area contributed by atoms with Gasteiger partial charge in [0.15, 0.2) is 5.82 Å². The molecule has 34 heavy (non-hydrogen) atoms. The van der Waals surface area contributed by atoms with E-state index in [1.165, 1.54) is 5.56 Å². The van der Waals surface area contributed by atoms with E-state index >= 15 is 0 Å². The third kappa shape index (κ3) is 5.40. The van der Waals surface area contributed by atoms with Crippen molar-refractivity contribution >= 4 is 34.4 Å². The summed E-state index contributed by atoms with van der Waals surface area (Å²) in [6.45, 7) is 5.58. The van der Waals surface area contributed by atoms with E-state index in [-0.39, 0.29) is 18.6 Å². The molecule has 1 aromatic carbocycles. The Bertz CT molecular complexity index is 1120. The van der Waals surface area contributed by atoms with Gasteiger partial charge in [0.1, 0.15) is 16.8 Å². The number of benzene rings is 1. The van der Waals surface area contributed by atoms with E-state index in [2.05, 4.69) is 49.9 Å². The highest BCUT2D eigenvalue weighted by Crippen LogP contribution is 2.32. The molecule has 0 bridgehead atoms. The standard InChI is InChI=1S/C25H35ClN6O2/c1-3-4-5-10-28-24-23-22(29-25(27)30-24)20(26)15-32(23)14-18-9-8-17(12-21(18)34-2)13-31-11-6-7-19(31)16-33/h8-9,12,15,19,33H,3-7,10-11,13-14,16H2,1-2H3,(H3,27,28,29,30)/t19-/m0/s1. The van der Waals surface area contributed by atoms with Crippen molar-refractivity contribution in [3.8, 4) is 5.75 Å². The van der Waals surface area contributed by atoms with Crippen LogP contribution in [0.5, 0.6) is 5.75 Å². The molecule has 1 aliphatic heterocycles. The minimum atomic E-state index is 0.204. The number of rotatable bonds is 11. The highest BCUT2D eigenvalue weighted by molar-refractivity contribution is 6.35. The topological polar surface area (TPSA) is 101 Å². The molecule has 0 spiro atoms. The number of aliphatic hydroxyl groups is 1. The Morgan fingerprint density at radius 3 is 2.88 bits per heavy atom. The molecule has 0 unspecified atom stereocenters. The molecule has 1 fully saturated rings. The molecular weight excluding hydrogens is 452 g/mol. The number of likely N-dealkylation sites (tertiary alicyclic amines) is 1. The number of nitrogens with zero attached hydrogens (tertiary/aromatic N) is 4. The summed E-state index contributed by atoms with van der Waals surface area (Å²) in [5.41, 5.74) is 9.66. The summed E-state index contributed by atoms with van der Waals surface area (Å²) < 4.78 is 7.81. The lowest BCUT2D eigenvalue weighted by Gasteiger charge is -2.23. The van der Waals surface area contributed by atoms with Crippen molar-refractivity contribution in [3.05, 3.63) is 40.5 Å². The van der Waals surface area contributed by atoms with Crippen molar-refractivity contribution in [1.29, 1.82) is 0 Å². The van der Waals surface area contributed by atoms with Crippen LogP contribution in [0.3, 0.4) is 0 Å². The van der Waals surface area contributed by atoms with E-state index in [1.807, 2.05) is 6.20 Å². The average molecular weight is 487 g/mol. The van der Waals surface area contributed by atoms with Crippen molar-refractivity contribution in [2.45, 2.75) is 58.2 Å². The molecule has 4 N–H and O–H groups in total. The van der Waals surface area contributed by atoms with Crippen molar-refractivity contribution in [2.75, 3.05) is 37.9 Å². The van der Waals surface area contributed by atoms with Gasteiger partial charge in [-0.25, -0.2) is 4.98 Å². The molecule has 0 aliphatic carbocycles. The molecule has 184 valence electrons. The van der Waals surface area contributed by atoms with Gasteiger partial charge in [-0.15, -0.1) is 0 Å². The molecule has 1 saturated heterocycles. The smallest absolute Gasteiger partial charge is 0.222 e. The molecule has 0 amide bonds. The van der Waals surface area contributed by atoms with Gasteiger partial charge in [0.25, 0.3) is 0 Å². The number of hydrogen-bond acceptors (Lipinski definition) is 7. The van der Waals surface area contributed by atoms with Gasteiger partial charge in [-0.05, 0) is 37.4 Å². The number of unbranched alkanes of at least 4 members (excludes halogenated alkanes) is 2. The minimum absolute atomic E-state index is 0.204. The number of aromatic nitrogens is 3. The number of anilines is 2. The van der Waals surface area contributed by atoms with Crippen LogP contribution in [0.2, 0.25) is 5.02 Å². The zero-order valence-corrected chi connectivity index (χ0v) is 20.8. The Balaban J connectivity index is 1.60. The highest BCUT2D eigenvalue weighted by Gasteiger charge is 2.24. The second kappa shape index (κ2) is 11.3. The molecule has 8 nitrogen and oxygen atoms in total. The lowest BCUT2D eigenvalue weighted by molar-refractivity contribution is 0.153. The fourth-order valence-corrected chi connectivity index (χ4v) is 5.00. The second-order valence-corrected chi connectivity index (χ2v) is 9.37. The molecule has 0 radical (unpaired) electrons. The molecule has 0 saturated carbocycles. The monoisotopic (exact) mass is 486 g/mol. The number of fused-ring (bicyclic) bond motifs is 1. The van der Waals surface area contributed by atoms with Crippen molar-refractivity contribution in [3.63, 3.8) is 0 Å². The summed E-state index contributed by atoms with van der Waals surface area (Å²) in [5.74, 6) is 1.73. The lowest BCUT2D eigenvalue weighted by atomic mass is 10.1. The number of nitrogens with one attached hydrogen (secondary N) is 1. The Hall–Kier alpha value is -2.55. The first-order valence-electron chi connectivity index (χ1n) is 12.1. The van der Waals surface area contributed by atoms with Crippen LogP contribution >= 0.6 is 11.6 Å². The highest BCUT2D eigenvalue weighted by atomic mass is 35.5. The van der Waals surface area contributed by atoms with Gasteiger partial charge in [-0.1, -0.05) is 43.5 Å².